The number of carbonyl (C=O) groups is 1. The summed E-state index contributed by atoms with van der Waals surface area (Å²) in [6.45, 7) is 3.16. The molecule has 1 atom stereocenters. The third kappa shape index (κ3) is 5.72. The van der Waals surface area contributed by atoms with E-state index in [-0.39, 0.29) is 5.91 Å². The molecule has 1 fully saturated rings. The number of carbonyl (C=O) groups excluding carboxylic acids is 1. The normalized spacial score (nSPS) is 15.9. The lowest BCUT2D eigenvalue weighted by Gasteiger charge is -2.26. The third-order valence-electron chi connectivity index (χ3n) is 6.10. The van der Waals surface area contributed by atoms with Crippen LogP contribution in [-0.2, 0) is 16.3 Å². The Kier molecular flexibility index (Phi) is 6.71. The molecule has 0 saturated carbocycles. The number of nitrogens with zero attached hydrogens (tertiary/aromatic N) is 4. The molecule has 1 aliphatic heterocycles. The van der Waals surface area contributed by atoms with Gasteiger partial charge in [-0.15, -0.1) is 0 Å². The molecule has 1 aromatic carbocycles. The van der Waals surface area contributed by atoms with Crippen LogP contribution in [-0.4, -0.2) is 60.4 Å². The van der Waals surface area contributed by atoms with Crippen LogP contribution in [0.3, 0.4) is 0 Å². The second-order valence-electron chi connectivity index (χ2n) is 9.24. The Morgan fingerprint density at radius 3 is 2.67 bits per heavy atom. The Balaban J connectivity index is 1.35. The minimum atomic E-state index is -2.43. The average molecular weight is 504 g/mol. The van der Waals surface area contributed by atoms with Gasteiger partial charge in [-0.2, -0.15) is 5.10 Å². The quantitative estimate of drug-likeness (QED) is 0.329. The van der Waals surface area contributed by atoms with Crippen LogP contribution < -0.4 is 10.0 Å². The second-order valence-corrected chi connectivity index (χ2v) is 11.5. The lowest BCUT2D eigenvalue weighted by Crippen LogP contribution is -2.29. The number of nitrogens with one attached hydrogen (secondary N) is 3. The summed E-state index contributed by atoms with van der Waals surface area (Å²) >= 11 is 0. The number of pyridine rings is 2. The van der Waals surface area contributed by atoms with Crippen molar-refractivity contribution in [3.8, 4) is 11.1 Å². The molecule has 0 radical (unpaired) electrons. The fourth-order valence-corrected chi connectivity index (χ4v) is 4.98. The van der Waals surface area contributed by atoms with E-state index in [0.29, 0.717) is 17.2 Å². The van der Waals surface area contributed by atoms with Crippen molar-refractivity contribution >= 4 is 43.9 Å². The van der Waals surface area contributed by atoms with E-state index < -0.39 is 9.71 Å². The number of fused-ring (bicyclic) bond motifs is 1. The topological polar surface area (TPSA) is 116 Å². The molecule has 9 nitrogen and oxygen atoms in total. The standard InChI is InChI=1S/C26H29N7O2S/c1-36(2,35)32-24-9-7-21(16-28-24)29-26(34)25-22-13-19(6-8-23(22)30-31-25)20-12-18(14-27-15-20)17-33-10-4-3-5-11-33/h6-9,12-16H,1,3-5,10-11,17H2,2H3,(H,29,34)(H,30,31)(H,28,32,35). The van der Waals surface area contributed by atoms with Gasteiger partial charge in [-0.05, 0) is 73.3 Å². The number of aromatic amines is 1. The lowest BCUT2D eigenvalue weighted by molar-refractivity contribution is 0.102. The number of anilines is 2. The number of rotatable bonds is 7. The Bertz CT molecular complexity index is 1490. The molecular formula is C26H29N7O2S. The van der Waals surface area contributed by atoms with E-state index in [1.54, 1.807) is 12.1 Å². The molecule has 186 valence electrons. The van der Waals surface area contributed by atoms with E-state index in [1.807, 2.05) is 30.6 Å². The van der Waals surface area contributed by atoms with Crippen LogP contribution in [0.2, 0.25) is 0 Å². The van der Waals surface area contributed by atoms with Crippen LogP contribution in [0.4, 0.5) is 11.5 Å². The SMILES string of the molecule is C=S(C)(=O)Nc1ccc(NC(=O)c2n[nH]c3ccc(-c4cncc(CN5CCCCC5)c4)cc23)cn1. The first-order valence-electron chi connectivity index (χ1n) is 11.9. The van der Waals surface area contributed by atoms with E-state index in [2.05, 4.69) is 47.0 Å². The van der Waals surface area contributed by atoms with Crippen LogP contribution in [0.25, 0.3) is 22.0 Å². The smallest absolute Gasteiger partial charge is 0.276 e. The van der Waals surface area contributed by atoms with Crippen molar-refractivity contribution in [2.24, 2.45) is 0 Å². The first-order valence-corrected chi connectivity index (χ1v) is 14.0. The summed E-state index contributed by atoms with van der Waals surface area (Å²) in [5.74, 6) is 3.61. The molecule has 0 spiro atoms. The summed E-state index contributed by atoms with van der Waals surface area (Å²) in [4.78, 5) is 24.1. The van der Waals surface area contributed by atoms with E-state index in [9.17, 15) is 9.00 Å². The van der Waals surface area contributed by atoms with Crippen LogP contribution in [0.5, 0.6) is 0 Å². The van der Waals surface area contributed by atoms with Gasteiger partial charge in [-0.3, -0.25) is 24.5 Å². The van der Waals surface area contributed by atoms with Crippen LogP contribution in [0.1, 0.15) is 35.3 Å². The molecule has 1 saturated heterocycles. The molecule has 0 aliphatic carbocycles. The number of H-pyrrole nitrogens is 1. The van der Waals surface area contributed by atoms with Gasteiger partial charge < -0.3 is 5.32 Å². The first kappa shape index (κ1) is 24.0. The van der Waals surface area contributed by atoms with Crippen molar-refractivity contribution in [1.29, 1.82) is 0 Å². The summed E-state index contributed by atoms with van der Waals surface area (Å²) in [5, 5.41) is 10.7. The van der Waals surface area contributed by atoms with Gasteiger partial charge in [0.2, 0.25) is 0 Å². The Morgan fingerprint density at radius 1 is 1.08 bits per heavy atom. The lowest BCUT2D eigenvalue weighted by atomic mass is 10.0. The van der Waals surface area contributed by atoms with Crippen LogP contribution >= 0.6 is 0 Å². The third-order valence-corrected chi connectivity index (χ3v) is 6.74. The number of hydrogen-bond donors (Lipinski definition) is 3. The zero-order valence-corrected chi connectivity index (χ0v) is 21.0. The predicted octanol–water partition coefficient (Wildman–Crippen LogP) is 3.93. The molecule has 1 unspecified atom stereocenters. The van der Waals surface area contributed by atoms with Crippen molar-refractivity contribution in [2.75, 3.05) is 29.4 Å². The highest BCUT2D eigenvalue weighted by atomic mass is 32.2. The summed E-state index contributed by atoms with van der Waals surface area (Å²) in [6, 6.07) is 11.4. The maximum atomic E-state index is 13.0. The molecule has 1 aliphatic rings. The van der Waals surface area contributed by atoms with Gasteiger partial charge in [0.15, 0.2) is 5.69 Å². The average Bonchev–Trinajstić information content (AvgIpc) is 3.29. The molecule has 0 bridgehead atoms. The number of amides is 1. The monoisotopic (exact) mass is 503 g/mol. The highest BCUT2D eigenvalue weighted by molar-refractivity contribution is 8.00. The zero-order valence-electron chi connectivity index (χ0n) is 20.2. The van der Waals surface area contributed by atoms with Gasteiger partial charge >= 0.3 is 0 Å². The Hall–Kier alpha value is -3.76. The molecule has 4 aromatic rings. The highest BCUT2D eigenvalue weighted by Gasteiger charge is 2.16. The number of hydrogen-bond acceptors (Lipinski definition) is 6. The first-order chi connectivity index (χ1) is 17.3. The minimum absolute atomic E-state index is 0.292. The van der Waals surface area contributed by atoms with Gasteiger partial charge in [0.05, 0.1) is 17.4 Å². The molecule has 4 heterocycles. The van der Waals surface area contributed by atoms with E-state index in [1.165, 1.54) is 37.3 Å². The molecule has 10 heteroatoms. The van der Waals surface area contributed by atoms with Gasteiger partial charge in [-0.1, -0.05) is 12.5 Å². The Morgan fingerprint density at radius 2 is 1.92 bits per heavy atom. The second kappa shape index (κ2) is 10.1. The fraction of sp³-hybridized carbons (Fsp3) is 0.269. The van der Waals surface area contributed by atoms with Crippen molar-refractivity contribution < 1.29 is 9.00 Å². The van der Waals surface area contributed by atoms with Crippen molar-refractivity contribution in [3.05, 3.63) is 66.2 Å². The minimum Gasteiger partial charge on any atom is -0.319 e. The van der Waals surface area contributed by atoms with E-state index in [0.717, 1.165) is 41.7 Å². The molecule has 3 N–H and O–H groups in total. The van der Waals surface area contributed by atoms with E-state index in [4.69, 9.17) is 0 Å². The maximum Gasteiger partial charge on any atom is 0.276 e. The maximum absolute atomic E-state index is 13.0. The largest absolute Gasteiger partial charge is 0.319 e. The molecule has 1 amide bonds. The van der Waals surface area contributed by atoms with Gasteiger partial charge in [0.1, 0.15) is 5.82 Å². The number of piperidine rings is 1. The van der Waals surface area contributed by atoms with Crippen LogP contribution in [0.15, 0.2) is 55.0 Å². The number of aromatic nitrogens is 4. The molecule has 3 aromatic heterocycles. The fourth-order valence-electron chi connectivity index (χ4n) is 4.41. The van der Waals surface area contributed by atoms with Crippen molar-refractivity contribution in [3.63, 3.8) is 0 Å². The van der Waals surface area contributed by atoms with E-state index >= 15 is 0 Å². The van der Waals surface area contributed by atoms with Crippen molar-refractivity contribution in [1.82, 2.24) is 25.1 Å². The summed E-state index contributed by atoms with van der Waals surface area (Å²) in [6.07, 6.45) is 10.6. The van der Waals surface area contributed by atoms with Gasteiger partial charge in [-0.25, -0.2) is 9.19 Å². The summed E-state index contributed by atoms with van der Waals surface area (Å²) in [5.41, 5.74) is 4.72. The molecule has 36 heavy (non-hydrogen) atoms. The molecule has 5 rings (SSSR count). The number of benzene rings is 1. The Labute approximate surface area is 210 Å². The summed E-state index contributed by atoms with van der Waals surface area (Å²) in [7, 11) is -2.43. The van der Waals surface area contributed by atoms with Gasteiger partial charge in [0, 0.05) is 45.9 Å². The zero-order chi connectivity index (χ0) is 25.1. The summed E-state index contributed by atoms with van der Waals surface area (Å²) < 4.78 is 14.5. The highest BCUT2D eigenvalue weighted by Crippen LogP contribution is 2.27. The predicted molar refractivity (Wildman–Crippen MR) is 145 cm³/mol. The van der Waals surface area contributed by atoms with Crippen LogP contribution in [0, 0.1) is 0 Å². The number of likely N-dealkylation sites (tertiary alicyclic amines) is 1. The van der Waals surface area contributed by atoms with Gasteiger partial charge in [0.25, 0.3) is 5.91 Å². The molecular weight excluding hydrogens is 474 g/mol. The van der Waals surface area contributed by atoms with Crippen molar-refractivity contribution in [2.45, 2.75) is 25.8 Å².